The largest absolute Gasteiger partial charge is 0.308 e. The molecule has 2 unspecified atom stereocenters. The van der Waals surface area contributed by atoms with Crippen molar-refractivity contribution in [3.63, 3.8) is 0 Å². The van der Waals surface area contributed by atoms with E-state index in [0.29, 0.717) is 0 Å². The summed E-state index contributed by atoms with van der Waals surface area (Å²) in [5, 5.41) is 6.97. The second-order valence-electron chi connectivity index (χ2n) is 2.98. The molecule has 0 spiro atoms. The maximum Gasteiger partial charge on any atom is 0.104 e. The van der Waals surface area contributed by atoms with Crippen LogP contribution in [-0.4, -0.2) is 12.4 Å². The lowest BCUT2D eigenvalue weighted by Crippen LogP contribution is -2.10. The highest BCUT2D eigenvalue weighted by Gasteiger charge is 2.13. The van der Waals surface area contributed by atoms with Crippen molar-refractivity contribution in [1.29, 1.82) is 5.41 Å². The molecule has 0 amide bonds. The van der Waals surface area contributed by atoms with Gasteiger partial charge in [-0.2, -0.15) is 0 Å². The monoisotopic (exact) mass is 157 g/mol. The van der Waals surface area contributed by atoms with Crippen LogP contribution in [0.15, 0.2) is 11.1 Å². The number of nitrogens with one attached hydrogen (secondary N) is 1. The fourth-order valence-corrected chi connectivity index (χ4v) is 0.817. The van der Waals surface area contributed by atoms with Gasteiger partial charge in [-0.05, 0) is 26.3 Å². The van der Waals surface area contributed by atoms with E-state index in [1.807, 2.05) is 20.8 Å². The first-order chi connectivity index (χ1) is 5.00. The molecule has 0 bridgehead atoms. The van der Waals surface area contributed by atoms with Crippen LogP contribution in [0.4, 0.5) is 4.39 Å². The predicted octanol–water partition coefficient (Wildman–Crippen LogP) is 2.97. The third-order valence-electron chi connectivity index (χ3n) is 2.21. The number of halogens is 1. The van der Waals surface area contributed by atoms with E-state index in [2.05, 4.69) is 0 Å². The average Bonchev–Trinajstić information content (AvgIpc) is 2.00. The van der Waals surface area contributed by atoms with Crippen molar-refractivity contribution < 1.29 is 4.39 Å². The van der Waals surface area contributed by atoms with Crippen molar-refractivity contribution in [2.75, 3.05) is 0 Å². The van der Waals surface area contributed by atoms with Gasteiger partial charge in [-0.15, -0.1) is 0 Å². The fraction of sp³-hybridized carbons (Fsp3) is 0.667. The molecule has 0 aliphatic carbocycles. The molecule has 0 saturated carbocycles. The maximum absolute atomic E-state index is 12.7. The van der Waals surface area contributed by atoms with Gasteiger partial charge in [0.2, 0.25) is 0 Å². The Labute approximate surface area is 67.8 Å². The molecule has 2 atom stereocenters. The molecule has 11 heavy (non-hydrogen) atoms. The van der Waals surface area contributed by atoms with Gasteiger partial charge in [-0.3, -0.25) is 0 Å². The Hall–Kier alpha value is -0.660. The molecule has 0 aromatic rings. The summed E-state index contributed by atoms with van der Waals surface area (Å²) in [7, 11) is 0. The standard InChI is InChI=1S/C9H16FN/c1-6(5-11)7(2)8(3)9(4)10/h5,8-9,11H,1-4H3. The maximum atomic E-state index is 12.7. The topological polar surface area (TPSA) is 23.9 Å². The minimum absolute atomic E-state index is 0.0726. The van der Waals surface area contributed by atoms with Crippen LogP contribution in [-0.2, 0) is 0 Å². The number of hydrogen-bond donors (Lipinski definition) is 1. The Morgan fingerprint density at radius 3 is 2.09 bits per heavy atom. The molecule has 0 saturated heterocycles. The normalized spacial score (nSPS) is 18.6. The van der Waals surface area contributed by atoms with Crippen LogP contribution in [0.5, 0.6) is 0 Å². The molecule has 0 aromatic heterocycles. The molecular formula is C9H16FN. The molecule has 0 rings (SSSR count). The molecule has 64 valence electrons. The summed E-state index contributed by atoms with van der Waals surface area (Å²) in [6.45, 7) is 7.10. The van der Waals surface area contributed by atoms with Gasteiger partial charge in [0.05, 0.1) is 0 Å². The lowest BCUT2D eigenvalue weighted by Gasteiger charge is -2.14. The summed E-state index contributed by atoms with van der Waals surface area (Å²) < 4.78 is 12.7. The van der Waals surface area contributed by atoms with E-state index in [9.17, 15) is 4.39 Å². The van der Waals surface area contributed by atoms with E-state index in [4.69, 9.17) is 5.41 Å². The smallest absolute Gasteiger partial charge is 0.104 e. The fourth-order valence-electron chi connectivity index (χ4n) is 0.817. The molecule has 0 heterocycles. The third-order valence-corrected chi connectivity index (χ3v) is 2.21. The highest BCUT2D eigenvalue weighted by atomic mass is 19.1. The number of allylic oxidation sites excluding steroid dienone is 2. The van der Waals surface area contributed by atoms with Gasteiger partial charge in [0.1, 0.15) is 6.17 Å². The number of alkyl halides is 1. The van der Waals surface area contributed by atoms with Gasteiger partial charge in [-0.25, -0.2) is 4.39 Å². The van der Waals surface area contributed by atoms with E-state index in [1.54, 1.807) is 6.92 Å². The van der Waals surface area contributed by atoms with Gasteiger partial charge in [0, 0.05) is 12.1 Å². The van der Waals surface area contributed by atoms with Gasteiger partial charge in [0.25, 0.3) is 0 Å². The summed E-state index contributed by atoms with van der Waals surface area (Å²) in [6, 6.07) is 0. The minimum atomic E-state index is -0.829. The van der Waals surface area contributed by atoms with Gasteiger partial charge < -0.3 is 5.41 Å². The van der Waals surface area contributed by atoms with Crippen LogP contribution in [0.1, 0.15) is 27.7 Å². The van der Waals surface area contributed by atoms with E-state index >= 15 is 0 Å². The zero-order chi connectivity index (χ0) is 9.02. The zero-order valence-electron chi connectivity index (χ0n) is 7.61. The molecule has 2 heteroatoms. The Morgan fingerprint density at radius 2 is 1.82 bits per heavy atom. The molecule has 0 aliphatic heterocycles. The van der Waals surface area contributed by atoms with E-state index in [-0.39, 0.29) is 5.92 Å². The molecule has 0 fully saturated rings. The van der Waals surface area contributed by atoms with Gasteiger partial charge in [0.15, 0.2) is 0 Å². The first kappa shape index (κ1) is 10.3. The molecular weight excluding hydrogens is 141 g/mol. The van der Waals surface area contributed by atoms with Crippen molar-refractivity contribution in [3.05, 3.63) is 11.1 Å². The zero-order valence-corrected chi connectivity index (χ0v) is 7.61. The first-order valence-corrected chi connectivity index (χ1v) is 3.82. The second kappa shape index (κ2) is 4.27. The molecule has 0 aliphatic rings. The van der Waals surface area contributed by atoms with Crippen molar-refractivity contribution in [3.8, 4) is 0 Å². The Kier molecular flexibility index (Phi) is 4.01. The van der Waals surface area contributed by atoms with Crippen LogP contribution in [0, 0.1) is 11.3 Å². The highest BCUT2D eigenvalue weighted by molar-refractivity contribution is 5.76. The average molecular weight is 157 g/mol. The van der Waals surface area contributed by atoms with Crippen LogP contribution in [0.2, 0.25) is 0 Å². The summed E-state index contributed by atoms with van der Waals surface area (Å²) in [5.41, 5.74) is 1.83. The lowest BCUT2D eigenvalue weighted by atomic mass is 9.95. The van der Waals surface area contributed by atoms with Crippen molar-refractivity contribution in [2.45, 2.75) is 33.9 Å². The quantitative estimate of drug-likeness (QED) is 0.609. The first-order valence-electron chi connectivity index (χ1n) is 3.82. The Morgan fingerprint density at radius 1 is 1.36 bits per heavy atom. The SMILES string of the molecule is CC(C=N)=C(C)C(C)C(C)F. The van der Waals surface area contributed by atoms with E-state index < -0.39 is 6.17 Å². The molecule has 1 N–H and O–H groups in total. The summed E-state index contributed by atoms with van der Waals surface area (Å²) in [5.74, 6) is -0.0726. The number of hydrogen-bond acceptors (Lipinski definition) is 1. The van der Waals surface area contributed by atoms with Crippen molar-refractivity contribution >= 4 is 6.21 Å². The summed E-state index contributed by atoms with van der Waals surface area (Å²) in [4.78, 5) is 0. The Bertz CT molecular complexity index is 170. The van der Waals surface area contributed by atoms with Crippen LogP contribution in [0.25, 0.3) is 0 Å². The predicted molar refractivity (Wildman–Crippen MR) is 46.9 cm³/mol. The highest BCUT2D eigenvalue weighted by Crippen LogP contribution is 2.19. The van der Waals surface area contributed by atoms with Crippen molar-refractivity contribution in [1.82, 2.24) is 0 Å². The van der Waals surface area contributed by atoms with Gasteiger partial charge >= 0.3 is 0 Å². The van der Waals surface area contributed by atoms with Gasteiger partial charge in [-0.1, -0.05) is 12.5 Å². The molecule has 0 radical (unpaired) electrons. The minimum Gasteiger partial charge on any atom is -0.308 e. The van der Waals surface area contributed by atoms with Crippen LogP contribution >= 0.6 is 0 Å². The number of rotatable bonds is 3. The van der Waals surface area contributed by atoms with Crippen molar-refractivity contribution in [2.24, 2.45) is 5.92 Å². The summed E-state index contributed by atoms with van der Waals surface area (Å²) in [6.07, 6.45) is 0.443. The van der Waals surface area contributed by atoms with Crippen LogP contribution in [0.3, 0.4) is 0 Å². The second-order valence-corrected chi connectivity index (χ2v) is 2.98. The lowest BCUT2D eigenvalue weighted by molar-refractivity contribution is 0.291. The van der Waals surface area contributed by atoms with E-state index in [1.165, 1.54) is 6.21 Å². The molecule has 0 aromatic carbocycles. The third kappa shape index (κ3) is 2.83. The summed E-state index contributed by atoms with van der Waals surface area (Å²) >= 11 is 0. The molecule has 1 nitrogen and oxygen atoms in total. The Balaban J connectivity index is 4.45. The van der Waals surface area contributed by atoms with E-state index in [0.717, 1.165) is 11.1 Å². The van der Waals surface area contributed by atoms with Crippen LogP contribution < -0.4 is 0 Å².